The SMILES string of the molecule is Cc1ccc(NC(=O)[C@H](c2ccccc2)N(C)Cc2ccccc2)cc1Cl. The van der Waals surface area contributed by atoms with Crippen LogP contribution >= 0.6 is 11.6 Å². The van der Waals surface area contributed by atoms with Gasteiger partial charge in [-0.3, -0.25) is 9.69 Å². The summed E-state index contributed by atoms with van der Waals surface area (Å²) in [6.45, 7) is 2.61. The van der Waals surface area contributed by atoms with Gasteiger partial charge >= 0.3 is 0 Å². The van der Waals surface area contributed by atoms with Gasteiger partial charge < -0.3 is 5.32 Å². The lowest BCUT2D eigenvalue weighted by Crippen LogP contribution is -2.34. The highest BCUT2D eigenvalue weighted by atomic mass is 35.5. The van der Waals surface area contributed by atoms with Crippen LogP contribution in [-0.4, -0.2) is 17.9 Å². The predicted octanol–water partition coefficient (Wildman–Crippen LogP) is 5.46. The van der Waals surface area contributed by atoms with Crippen LogP contribution in [0.4, 0.5) is 5.69 Å². The van der Waals surface area contributed by atoms with E-state index in [0.29, 0.717) is 17.3 Å². The van der Waals surface area contributed by atoms with E-state index in [2.05, 4.69) is 22.3 Å². The van der Waals surface area contributed by atoms with Crippen LogP contribution in [0.3, 0.4) is 0 Å². The highest BCUT2D eigenvalue weighted by Crippen LogP contribution is 2.25. The number of halogens is 1. The molecule has 3 aromatic carbocycles. The number of hydrogen-bond donors (Lipinski definition) is 1. The minimum atomic E-state index is -0.411. The fraction of sp³-hybridized carbons (Fsp3) is 0.174. The van der Waals surface area contributed by atoms with Crippen molar-refractivity contribution in [3.63, 3.8) is 0 Å². The zero-order chi connectivity index (χ0) is 19.2. The van der Waals surface area contributed by atoms with E-state index in [1.165, 1.54) is 0 Å². The summed E-state index contributed by atoms with van der Waals surface area (Å²) < 4.78 is 0. The molecule has 0 aliphatic carbocycles. The maximum atomic E-state index is 13.1. The van der Waals surface area contributed by atoms with Gasteiger partial charge in [-0.15, -0.1) is 0 Å². The normalized spacial score (nSPS) is 12.0. The van der Waals surface area contributed by atoms with Crippen LogP contribution in [0.5, 0.6) is 0 Å². The van der Waals surface area contributed by atoms with Crippen LogP contribution in [0.25, 0.3) is 0 Å². The number of amides is 1. The fourth-order valence-corrected chi connectivity index (χ4v) is 3.27. The summed E-state index contributed by atoms with van der Waals surface area (Å²) in [7, 11) is 1.96. The molecular weight excluding hydrogens is 356 g/mol. The summed E-state index contributed by atoms with van der Waals surface area (Å²) in [6.07, 6.45) is 0. The van der Waals surface area contributed by atoms with Gasteiger partial charge in [-0.1, -0.05) is 78.3 Å². The van der Waals surface area contributed by atoms with Crippen molar-refractivity contribution in [1.82, 2.24) is 4.90 Å². The summed E-state index contributed by atoms with van der Waals surface area (Å²) in [5.74, 6) is -0.0837. The van der Waals surface area contributed by atoms with Crippen LogP contribution < -0.4 is 5.32 Å². The zero-order valence-electron chi connectivity index (χ0n) is 15.5. The van der Waals surface area contributed by atoms with E-state index >= 15 is 0 Å². The van der Waals surface area contributed by atoms with Crippen LogP contribution in [0, 0.1) is 6.92 Å². The molecule has 4 heteroatoms. The number of benzene rings is 3. The maximum Gasteiger partial charge on any atom is 0.246 e. The van der Waals surface area contributed by atoms with Gasteiger partial charge in [0, 0.05) is 17.3 Å². The molecule has 0 spiro atoms. The standard InChI is InChI=1S/C23H23ClN2O/c1-17-13-14-20(15-21(17)24)25-23(27)22(19-11-7-4-8-12-19)26(2)16-18-9-5-3-6-10-18/h3-15,22H,16H2,1-2H3,(H,25,27)/t22-/m0/s1. The Bertz CT molecular complexity index is 897. The smallest absolute Gasteiger partial charge is 0.246 e. The van der Waals surface area contributed by atoms with Crippen molar-refractivity contribution in [2.24, 2.45) is 0 Å². The van der Waals surface area contributed by atoms with Gasteiger partial charge in [0.1, 0.15) is 6.04 Å². The van der Waals surface area contributed by atoms with Gasteiger partial charge in [-0.2, -0.15) is 0 Å². The Morgan fingerprint density at radius 3 is 2.26 bits per heavy atom. The minimum absolute atomic E-state index is 0.0837. The van der Waals surface area contributed by atoms with Crippen molar-refractivity contribution in [2.45, 2.75) is 19.5 Å². The first-order valence-electron chi connectivity index (χ1n) is 8.91. The maximum absolute atomic E-state index is 13.1. The number of nitrogens with zero attached hydrogens (tertiary/aromatic N) is 1. The average Bonchev–Trinajstić information content (AvgIpc) is 2.66. The predicted molar refractivity (Wildman–Crippen MR) is 112 cm³/mol. The molecule has 1 atom stereocenters. The second-order valence-corrected chi connectivity index (χ2v) is 7.07. The number of hydrogen-bond acceptors (Lipinski definition) is 2. The van der Waals surface area contributed by atoms with Crippen LogP contribution in [-0.2, 0) is 11.3 Å². The summed E-state index contributed by atoms with van der Waals surface area (Å²) in [5, 5.41) is 3.65. The third-order valence-electron chi connectivity index (χ3n) is 4.52. The quantitative estimate of drug-likeness (QED) is 0.617. The third-order valence-corrected chi connectivity index (χ3v) is 4.93. The van der Waals surface area contributed by atoms with Crippen LogP contribution in [0.15, 0.2) is 78.9 Å². The Morgan fingerprint density at radius 2 is 1.63 bits per heavy atom. The summed E-state index contributed by atoms with van der Waals surface area (Å²) in [4.78, 5) is 15.2. The highest BCUT2D eigenvalue weighted by molar-refractivity contribution is 6.31. The van der Waals surface area contributed by atoms with E-state index < -0.39 is 6.04 Å². The lowest BCUT2D eigenvalue weighted by Gasteiger charge is -2.27. The molecule has 138 valence electrons. The van der Waals surface area contributed by atoms with Gasteiger partial charge in [0.25, 0.3) is 0 Å². The molecule has 0 heterocycles. The lowest BCUT2D eigenvalue weighted by molar-refractivity contribution is -0.121. The molecule has 3 nitrogen and oxygen atoms in total. The Kier molecular flexibility index (Phi) is 6.28. The Hall–Kier alpha value is -2.62. The Balaban J connectivity index is 1.85. The highest BCUT2D eigenvalue weighted by Gasteiger charge is 2.25. The van der Waals surface area contributed by atoms with Crippen molar-refractivity contribution in [3.8, 4) is 0 Å². The number of rotatable bonds is 6. The molecule has 3 aromatic rings. The fourth-order valence-electron chi connectivity index (χ4n) is 3.09. The molecule has 0 aliphatic rings. The Morgan fingerprint density at radius 1 is 1.00 bits per heavy atom. The number of carbonyl (C=O) groups is 1. The monoisotopic (exact) mass is 378 g/mol. The average molecular weight is 379 g/mol. The number of aryl methyl sites for hydroxylation is 1. The van der Waals surface area contributed by atoms with Gasteiger partial charge in [-0.25, -0.2) is 0 Å². The van der Waals surface area contributed by atoms with Gasteiger partial charge in [0.05, 0.1) is 0 Å². The molecule has 0 saturated carbocycles. The molecule has 3 rings (SSSR count). The largest absolute Gasteiger partial charge is 0.324 e. The molecule has 0 radical (unpaired) electrons. The summed E-state index contributed by atoms with van der Waals surface area (Å²) >= 11 is 6.20. The molecule has 0 aliphatic heterocycles. The first-order valence-corrected chi connectivity index (χ1v) is 9.28. The molecule has 1 amide bonds. The van der Waals surface area contributed by atoms with Gasteiger partial charge in [-0.05, 0) is 42.8 Å². The molecule has 27 heavy (non-hydrogen) atoms. The molecule has 0 aromatic heterocycles. The summed E-state index contributed by atoms with van der Waals surface area (Å²) in [6, 6.07) is 25.1. The van der Waals surface area contributed by atoms with E-state index in [4.69, 9.17) is 11.6 Å². The number of nitrogens with one attached hydrogen (secondary N) is 1. The van der Waals surface area contributed by atoms with Gasteiger partial charge in [0.15, 0.2) is 0 Å². The van der Waals surface area contributed by atoms with E-state index in [-0.39, 0.29) is 5.91 Å². The summed E-state index contributed by atoms with van der Waals surface area (Å²) in [5.41, 5.74) is 3.79. The topological polar surface area (TPSA) is 32.3 Å². The van der Waals surface area contributed by atoms with E-state index in [0.717, 1.165) is 16.7 Å². The second-order valence-electron chi connectivity index (χ2n) is 6.67. The first-order chi connectivity index (χ1) is 13.0. The molecule has 0 bridgehead atoms. The van der Waals surface area contributed by atoms with Gasteiger partial charge in [0.2, 0.25) is 5.91 Å². The first kappa shape index (κ1) is 19.2. The van der Waals surface area contributed by atoms with Crippen LogP contribution in [0.1, 0.15) is 22.7 Å². The van der Waals surface area contributed by atoms with Crippen molar-refractivity contribution < 1.29 is 4.79 Å². The number of carbonyl (C=O) groups excluding carboxylic acids is 1. The number of likely N-dealkylation sites (N-methyl/N-ethyl adjacent to an activating group) is 1. The van der Waals surface area contributed by atoms with E-state index in [9.17, 15) is 4.79 Å². The third kappa shape index (κ3) is 4.97. The number of anilines is 1. The van der Waals surface area contributed by atoms with Crippen molar-refractivity contribution in [1.29, 1.82) is 0 Å². The van der Waals surface area contributed by atoms with Crippen LogP contribution in [0.2, 0.25) is 5.02 Å². The minimum Gasteiger partial charge on any atom is -0.324 e. The lowest BCUT2D eigenvalue weighted by atomic mass is 10.0. The van der Waals surface area contributed by atoms with E-state index in [1.54, 1.807) is 6.07 Å². The molecule has 1 N–H and O–H groups in total. The molecule has 0 unspecified atom stereocenters. The van der Waals surface area contributed by atoms with Crippen molar-refractivity contribution >= 4 is 23.2 Å². The second kappa shape index (κ2) is 8.85. The van der Waals surface area contributed by atoms with E-state index in [1.807, 2.05) is 74.6 Å². The molecular formula is C23H23ClN2O. The zero-order valence-corrected chi connectivity index (χ0v) is 16.3. The molecule has 0 fully saturated rings. The Labute approximate surface area is 165 Å². The van der Waals surface area contributed by atoms with Crippen molar-refractivity contribution in [2.75, 3.05) is 12.4 Å². The van der Waals surface area contributed by atoms with Crippen molar-refractivity contribution in [3.05, 3.63) is 101 Å². The molecule has 0 saturated heterocycles.